The van der Waals surface area contributed by atoms with Crippen molar-refractivity contribution in [2.24, 2.45) is 5.73 Å². The molecule has 0 aliphatic carbocycles. The molecule has 0 radical (unpaired) electrons. The molecule has 1 atom stereocenters. The molecule has 1 heterocycles. The maximum Gasteiger partial charge on any atom is 0.0565 e. The smallest absolute Gasteiger partial charge is 0.0565 e. The molecule has 1 unspecified atom stereocenters. The maximum atomic E-state index is 6.34. The SMILES string of the molecule is CCc1ccccc1C(N)c1ccsc1C. The zero-order valence-electron chi connectivity index (χ0n) is 9.73. The van der Waals surface area contributed by atoms with Crippen LogP contribution in [0.25, 0.3) is 0 Å². The predicted octanol–water partition coefficient (Wildman–Crippen LogP) is 3.67. The molecule has 0 spiro atoms. The lowest BCUT2D eigenvalue weighted by molar-refractivity contribution is 0.848. The molecule has 1 aromatic carbocycles. The number of aryl methyl sites for hydroxylation is 2. The lowest BCUT2D eigenvalue weighted by Gasteiger charge is -2.15. The van der Waals surface area contributed by atoms with Gasteiger partial charge in [0, 0.05) is 4.88 Å². The Hall–Kier alpha value is -1.12. The summed E-state index contributed by atoms with van der Waals surface area (Å²) in [6.07, 6.45) is 1.03. The first-order chi connectivity index (χ1) is 7.74. The van der Waals surface area contributed by atoms with E-state index in [2.05, 4.69) is 49.6 Å². The molecule has 0 fully saturated rings. The van der Waals surface area contributed by atoms with Crippen molar-refractivity contribution in [2.45, 2.75) is 26.3 Å². The quantitative estimate of drug-likeness (QED) is 0.857. The molecule has 0 saturated heterocycles. The first kappa shape index (κ1) is 11.4. The molecule has 2 heteroatoms. The Balaban J connectivity index is 2.41. The second kappa shape index (κ2) is 4.81. The van der Waals surface area contributed by atoms with Crippen molar-refractivity contribution in [2.75, 3.05) is 0 Å². The number of hydrogen-bond acceptors (Lipinski definition) is 2. The van der Waals surface area contributed by atoms with Crippen LogP contribution in [0.1, 0.15) is 34.5 Å². The van der Waals surface area contributed by atoms with Gasteiger partial charge in [0.2, 0.25) is 0 Å². The van der Waals surface area contributed by atoms with E-state index < -0.39 is 0 Å². The summed E-state index contributed by atoms with van der Waals surface area (Å²) in [7, 11) is 0. The van der Waals surface area contributed by atoms with Crippen LogP contribution in [-0.4, -0.2) is 0 Å². The molecule has 2 N–H and O–H groups in total. The highest BCUT2D eigenvalue weighted by Gasteiger charge is 2.14. The molecule has 1 aromatic heterocycles. The second-order valence-electron chi connectivity index (χ2n) is 3.96. The van der Waals surface area contributed by atoms with Gasteiger partial charge in [0.15, 0.2) is 0 Å². The third-order valence-electron chi connectivity index (χ3n) is 3.01. The van der Waals surface area contributed by atoms with Gasteiger partial charge < -0.3 is 5.73 Å². The summed E-state index contributed by atoms with van der Waals surface area (Å²) in [5, 5.41) is 2.11. The fourth-order valence-corrected chi connectivity index (χ4v) is 2.79. The molecule has 2 aromatic rings. The van der Waals surface area contributed by atoms with Gasteiger partial charge in [-0.05, 0) is 41.5 Å². The van der Waals surface area contributed by atoms with E-state index in [0.717, 1.165) is 6.42 Å². The van der Waals surface area contributed by atoms with Crippen molar-refractivity contribution >= 4 is 11.3 Å². The van der Waals surface area contributed by atoms with E-state index in [0.29, 0.717) is 0 Å². The topological polar surface area (TPSA) is 26.0 Å². The highest BCUT2D eigenvalue weighted by Crippen LogP contribution is 2.28. The van der Waals surface area contributed by atoms with E-state index in [1.165, 1.54) is 21.6 Å². The Labute approximate surface area is 101 Å². The van der Waals surface area contributed by atoms with E-state index >= 15 is 0 Å². The first-order valence-electron chi connectivity index (χ1n) is 5.61. The van der Waals surface area contributed by atoms with Crippen molar-refractivity contribution in [1.82, 2.24) is 0 Å². The summed E-state index contributed by atoms with van der Waals surface area (Å²) < 4.78 is 0. The van der Waals surface area contributed by atoms with Crippen LogP contribution < -0.4 is 5.73 Å². The second-order valence-corrected chi connectivity index (χ2v) is 5.08. The van der Waals surface area contributed by atoms with Gasteiger partial charge in [-0.3, -0.25) is 0 Å². The van der Waals surface area contributed by atoms with E-state index in [1.54, 1.807) is 11.3 Å². The van der Waals surface area contributed by atoms with Crippen LogP contribution in [0.3, 0.4) is 0 Å². The molecule has 84 valence electrons. The van der Waals surface area contributed by atoms with Crippen molar-refractivity contribution in [1.29, 1.82) is 0 Å². The summed E-state index contributed by atoms with van der Waals surface area (Å²) in [5.41, 5.74) is 10.2. The molecule has 0 bridgehead atoms. The van der Waals surface area contributed by atoms with Crippen LogP contribution in [-0.2, 0) is 6.42 Å². The van der Waals surface area contributed by atoms with Gasteiger partial charge in [0.05, 0.1) is 6.04 Å². The average molecular weight is 231 g/mol. The Morgan fingerprint density at radius 2 is 1.94 bits per heavy atom. The first-order valence-corrected chi connectivity index (χ1v) is 6.49. The van der Waals surface area contributed by atoms with Crippen molar-refractivity contribution in [3.05, 3.63) is 57.3 Å². The number of rotatable bonds is 3. The zero-order valence-corrected chi connectivity index (χ0v) is 10.6. The minimum Gasteiger partial charge on any atom is -0.320 e. The number of benzene rings is 1. The van der Waals surface area contributed by atoms with Gasteiger partial charge in [0.1, 0.15) is 0 Å². The molecule has 2 rings (SSSR count). The molecule has 0 aliphatic rings. The predicted molar refractivity (Wildman–Crippen MR) is 70.9 cm³/mol. The molecule has 1 nitrogen and oxygen atoms in total. The standard InChI is InChI=1S/C14H17NS/c1-3-11-6-4-5-7-13(11)14(15)12-8-9-16-10(12)2/h4-9,14H,3,15H2,1-2H3. The van der Waals surface area contributed by atoms with Gasteiger partial charge in [0.25, 0.3) is 0 Å². The minimum absolute atomic E-state index is 0.0161. The van der Waals surface area contributed by atoms with Crippen LogP contribution in [0.4, 0.5) is 0 Å². The van der Waals surface area contributed by atoms with E-state index in [9.17, 15) is 0 Å². The van der Waals surface area contributed by atoms with Gasteiger partial charge in [-0.15, -0.1) is 11.3 Å². The third-order valence-corrected chi connectivity index (χ3v) is 3.87. The Morgan fingerprint density at radius 1 is 1.19 bits per heavy atom. The van der Waals surface area contributed by atoms with Crippen LogP contribution in [0.2, 0.25) is 0 Å². The maximum absolute atomic E-state index is 6.34. The van der Waals surface area contributed by atoms with E-state index in [-0.39, 0.29) is 6.04 Å². The largest absolute Gasteiger partial charge is 0.320 e. The number of hydrogen-bond donors (Lipinski definition) is 1. The third kappa shape index (κ3) is 2.04. The summed E-state index contributed by atoms with van der Waals surface area (Å²) >= 11 is 1.76. The lowest BCUT2D eigenvalue weighted by atomic mass is 9.94. The van der Waals surface area contributed by atoms with Crippen molar-refractivity contribution in [3.8, 4) is 0 Å². The van der Waals surface area contributed by atoms with Gasteiger partial charge in [-0.2, -0.15) is 0 Å². The zero-order chi connectivity index (χ0) is 11.5. The number of nitrogens with two attached hydrogens (primary N) is 1. The molecule has 0 saturated carbocycles. The monoisotopic (exact) mass is 231 g/mol. The summed E-state index contributed by atoms with van der Waals surface area (Å²) in [5.74, 6) is 0. The lowest BCUT2D eigenvalue weighted by Crippen LogP contribution is -2.14. The van der Waals surface area contributed by atoms with Crippen molar-refractivity contribution in [3.63, 3.8) is 0 Å². The molecule has 16 heavy (non-hydrogen) atoms. The Kier molecular flexibility index (Phi) is 3.42. The molecule has 0 amide bonds. The van der Waals surface area contributed by atoms with E-state index in [1.807, 2.05) is 0 Å². The fourth-order valence-electron chi connectivity index (χ4n) is 2.04. The number of thiophene rings is 1. The van der Waals surface area contributed by atoms with Crippen LogP contribution in [0.5, 0.6) is 0 Å². The minimum atomic E-state index is 0.0161. The van der Waals surface area contributed by atoms with Gasteiger partial charge in [-0.25, -0.2) is 0 Å². The fraction of sp³-hybridized carbons (Fsp3) is 0.286. The summed E-state index contributed by atoms with van der Waals surface area (Å²) in [4.78, 5) is 1.32. The van der Waals surface area contributed by atoms with E-state index in [4.69, 9.17) is 5.73 Å². The van der Waals surface area contributed by atoms with Crippen LogP contribution in [0.15, 0.2) is 35.7 Å². The Bertz CT molecular complexity index is 473. The average Bonchev–Trinajstić information content (AvgIpc) is 2.74. The van der Waals surface area contributed by atoms with Gasteiger partial charge in [-0.1, -0.05) is 31.2 Å². The van der Waals surface area contributed by atoms with Crippen molar-refractivity contribution < 1.29 is 0 Å². The molecular formula is C14H17NS. The molecule has 0 aliphatic heterocycles. The summed E-state index contributed by atoms with van der Waals surface area (Å²) in [6.45, 7) is 4.31. The highest BCUT2D eigenvalue weighted by atomic mass is 32.1. The van der Waals surface area contributed by atoms with Crippen LogP contribution in [0, 0.1) is 6.92 Å². The highest BCUT2D eigenvalue weighted by molar-refractivity contribution is 7.10. The van der Waals surface area contributed by atoms with Gasteiger partial charge >= 0.3 is 0 Å². The summed E-state index contributed by atoms with van der Waals surface area (Å²) in [6, 6.07) is 10.6. The normalized spacial score (nSPS) is 12.7. The van der Waals surface area contributed by atoms with Crippen LogP contribution >= 0.6 is 11.3 Å². The molecular weight excluding hydrogens is 214 g/mol. The Morgan fingerprint density at radius 3 is 2.56 bits per heavy atom.